The predicted molar refractivity (Wildman–Crippen MR) is 130 cm³/mol. The van der Waals surface area contributed by atoms with E-state index >= 15 is 0 Å². The van der Waals surface area contributed by atoms with Crippen LogP contribution in [-0.2, 0) is 0 Å². The summed E-state index contributed by atoms with van der Waals surface area (Å²) < 4.78 is 0. The average molecular weight is 463 g/mol. The van der Waals surface area contributed by atoms with Gasteiger partial charge in [0.2, 0.25) is 0 Å². The Morgan fingerprint density at radius 1 is 0.781 bits per heavy atom. The number of aliphatic hydroxyl groups is 2. The van der Waals surface area contributed by atoms with Crippen LogP contribution in [0, 0.1) is 0 Å². The number of carbonyl (C=O) groups is 2. The highest BCUT2D eigenvalue weighted by molar-refractivity contribution is 5.91. The molecule has 0 spiro atoms. The van der Waals surface area contributed by atoms with E-state index in [0.717, 1.165) is 6.42 Å². The first-order valence-electron chi connectivity index (χ1n) is 10.3. The van der Waals surface area contributed by atoms with Gasteiger partial charge < -0.3 is 41.7 Å². The molecule has 10 nitrogen and oxygen atoms in total. The molecule has 1 aromatic rings. The molecule has 0 radical (unpaired) electrons. The van der Waals surface area contributed by atoms with Gasteiger partial charge in [0.05, 0.1) is 30.5 Å². The first kappa shape index (κ1) is 37.2. The Morgan fingerprint density at radius 2 is 1.06 bits per heavy atom. The minimum absolute atomic E-state index is 0.0833. The summed E-state index contributed by atoms with van der Waals surface area (Å²) in [6.07, 6.45) is 4.54. The molecular weight excluding hydrogens is 416 g/mol. The molecular formula is C22H46N4O6. The molecule has 1 aromatic carbocycles. The van der Waals surface area contributed by atoms with Crippen LogP contribution in [0.5, 0.6) is 0 Å². The predicted octanol–water partition coefficient (Wildman–Crippen LogP) is 1.22. The Labute approximate surface area is 193 Å². The van der Waals surface area contributed by atoms with Gasteiger partial charge in [-0.25, -0.2) is 9.59 Å². The minimum Gasteiger partial charge on any atom is -0.478 e. The molecule has 0 heterocycles. The van der Waals surface area contributed by atoms with E-state index in [1.807, 2.05) is 52.1 Å². The van der Waals surface area contributed by atoms with Gasteiger partial charge in [0, 0.05) is 0 Å². The van der Waals surface area contributed by atoms with Crippen molar-refractivity contribution in [2.24, 2.45) is 11.5 Å². The van der Waals surface area contributed by atoms with E-state index in [9.17, 15) is 9.59 Å². The third-order valence-corrected chi connectivity index (χ3v) is 2.62. The van der Waals surface area contributed by atoms with Gasteiger partial charge in [-0.1, -0.05) is 26.2 Å². The molecule has 0 saturated heterocycles. The molecule has 0 unspecified atom stereocenters. The molecule has 10 heteroatoms. The van der Waals surface area contributed by atoms with Crippen LogP contribution in [-0.4, -0.2) is 104 Å². The molecule has 32 heavy (non-hydrogen) atoms. The lowest BCUT2D eigenvalue weighted by Crippen LogP contribution is -2.29. The molecule has 0 aliphatic carbocycles. The van der Waals surface area contributed by atoms with Gasteiger partial charge in [-0.05, 0) is 73.0 Å². The van der Waals surface area contributed by atoms with Crippen LogP contribution in [0.4, 0.5) is 0 Å². The molecule has 0 aliphatic heterocycles. The number of aromatic carboxylic acids is 2. The highest BCUT2D eigenvalue weighted by atomic mass is 16.4. The molecule has 8 N–H and O–H groups in total. The smallest absolute Gasteiger partial charge is 0.335 e. The van der Waals surface area contributed by atoms with Crippen molar-refractivity contribution in [1.29, 1.82) is 0 Å². The monoisotopic (exact) mass is 462 g/mol. The number of rotatable bonds is 7. The Morgan fingerprint density at radius 3 is 1.22 bits per heavy atom. The number of carboxylic acid groups (broad SMARTS) is 2. The highest BCUT2D eigenvalue weighted by Crippen LogP contribution is 2.03. The van der Waals surface area contributed by atoms with E-state index in [4.69, 9.17) is 31.9 Å². The van der Waals surface area contributed by atoms with E-state index in [0.29, 0.717) is 0 Å². The van der Waals surface area contributed by atoms with Crippen molar-refractivity contribution in [3.63, 3.8) is 0 Å². The fraction of sp³-hybridized carbons (Fsp3) is 0.636. The van der Waals surface area contributed by atoms with Gasteiger partial charge in [0.1, 0.15) is 0 Å². The fourth-order valence-corrected chi connectivity index (χ4v) is 1.39. The van der Waals surface area contributed by atoms with E-state index < -0.39 is 11.9 Å². The number of hydrogen-bond acceptors (Lipinski definition) is 8. The normalized spacial score (nSPS) is 9.31. The van der Waals surface area contributed by atoms with Gasteiger partial charge in [0.25, 0.3) is 0 Å². The number of hydrogen-bond donors (Lipinski definition) is 6. The summed E-state index contributed by atoms with van der Waals surface area (Å²) in [7, 11) is 12.0. The maximum Gasteiger partial charge on any atom is 0.335 e. The Balaban J connectivity index is -0.000000170. The van der Waals surface area contributed by atoms with Gasteiger partial charge in [-0.15, -0.1) is 0 Å². The zero-order chi connectivity index (χ0) is 26.1. The number of benzene rings is 1. The van der Waals surface area contributed by atoms with Crippen LogP contribution in [0.25, 0.3) is 0 Å². The van der Waals surface area contributed by atoms with Crippen molar-refractivity contribution in [1.82, 2.24) is 9.80 Å². The van der Waals surface area contributed by atoms with Crippen molar-refractivity contribution in [2.45, 2.75) is 38.8 Å². The number of nitrogens with zero attached hydrogens (tertiary/aromatic N) is 2. The minimum atomic E-state index is -1.06. The van der Waals surface area contributed by atoms with Gasteiger partial charge in [-0.3, -0.25) is 0 Å². The third-order valence-electron chi connectivity index (χ3n) is 2.62. The lowest BCUT2D eigenvalue weighted by atomic mass is 10.1. The van der Waals surface area contributed by atoms with Crippen LogP contribution in [0.3, 0.4) is 0 Å². The quantitative estimate of drug-likeness (QED) is 0.255. The maximum absolute atomic E-state index is 10.3. The van der Waals surface area contributed by atoms with Crippen molar-refractivity contribution in [3.8, 4) is 0 Å². The van der Waals surface area contributed by atoms with E-state index in [1.54, 1.807) is 0 Å². The number of carboxylic acids is 2. The second kappa shape index (κ2) is 27.0. The van der Waals surface area contributed by atoms with Crippen LogP contribution in [0.1, 0.15) is 53.3 Å². The molecule has 1 rings (SSSR count). The Bertz CT molecular complexity index is 491. The summed E-state index contributed by atoms with van der Waals surface area (Å²) in [6.45, 7) is 1.92. The summed E-state index contributed by atoms with van der Waals surface area (Å²) in [6, 6.07) is 5.02. The molecule has 190 valence electrons. The van der Waals surface area contributed by atoms with Gasteiger partial charge in [0.15, 0.2) is 0 Å². The molecule has 0 atom stereocenters. The highest BCUT2D eigenvalue weighted by Gasteiger charge is 2.04. The van der Waals surface area contributed by atoms with Crippen LogP contribution in [0.2, 0.25) is 0 Å². The molecule has 0 aliphatic rings. The zero-order valence-corrected chi connectivity index (χ0v) is 20.8. The lowest BCUT2D eigenvalue weighted by Gasteiger charge is -2.01. The molecule has 0 bridgehead atoms. The van der Waals surface area contributed by atoms with Crippen molar-refractivity contribution in [2.75, 3.05) is 55.5 Å². The van der Waals surface area contributed by atoms with Crippen molar-refractivity contribution in [3.05, 3.63) is 35.4 Å². The number of nitrogens with two attached hydrogens (primary N) is 2. The van der Waals surface area contributed by atoms with Crippen molar-refractivity contribution >= 4 is 11.9 Å². The van der Waals surface area contributed by atoms with Gasteiger partial charge in [-0.2, -0.15) is 0 Å². The first-order chi connectivity index (χ1) is 14.8. The average Bonchev–Trinajstić information content (AvgIpc) is 2.68. The molecule has 0 aromatic heterocycles. The second-order valence-electron chi connectivity index (χ2n) is 7.48. The zero-order valence-electron chi connectivity index (χ0n) is 20.8. The van der Waals surface area contributed by atoms with E-state index in [2.05, 4.69) is 6.92 Å². The summed E-state index contributed by atoms with van der Waals surface area (Å²) in [4.78, 5) is 24.7. The summed E-state index contributed by atoms with van der Waals surface area (Å²) in [5.41, 5.74) is 10.8. The van der Waals surface area contributed by atoms with Crippen LogP contribution < -0.4 is 11.5 Å². The van der Waals surface area contributed by atoms with Gasteiger partial charge >= 0.3 is 11.9 Å². The molecule has 0 saturated carbocycles. The number of aliphatic hydroxyl groups excluding tert-OH is 2. The second-order valence-corrected chi connectivity index (χ2v) is 7.48. The standard InChI is InChI=1S/C8H6O4.C6H16N2.2C3H9N.C2H6O2/c9-7(10)5-1-2-6(4-3-5)8(11)12;1-2-3-4-5-6(7)8;2*1-4(2)3;3-1-2-4/h1-4H,(H,9,10)(H,11,12);6H,2-5,7-8H2,1H3;2*1-3H3;3-4H,1-2H2. The lowest BCUT2D eigenvalue weighted by molar-refractivity contribution is 0.0681. The third kappa shape index (κ3) is 42.1. The van der Waals surface area contributed by atoms with Crippen molar-refractivity contribution < 1.29 is 30.0 Å². The maximum atomic E-state index is 10.3. The summed E-state index contributed by atoms with van der Waals surface area (Å²) >= 11 is 0. The fourth-order valence-electron chi connectivity index (χ4n) is 1.39. The van der Waals surface area contributed by atoms with E-state index in [1.165, 1.54) is 43.5 Å². The molecule has 0 fully saturated rings. The first-order valence-corrected chi connectivity index (χ1v) is 10.3. The Hall–Kier alpha value is -2.08. The number of unbranched alkanes of at least 4 members (excludes halogenated alkanes) is 2. The largest absolute Gasteiger partial charge is 0.478 e. The summed E-state index contributed by atoms with van der Waals surface area (Å²) in [5.74, 6) is -2.13. The van der Waals surface area contributed by atoms with Crippen LogP contribution in [0.15, 0.2) is 24.3 Å². The van der Waals surface area contributed by atoms with E-state index in [-0.39, 0.29) is 30.5 Å². The Kier molecular flexibility index (Phi) is 31.4. The van der Waals surface area contributed by atoms with Crippen LogP contribution >= 0.6 is 0 Å². The molecule has 0 amide bonds. The SMILES string of the molecule is CCCCCC(N)N.CN(C)C.CN(C)C.O=C(O)c1ccc(C(=O)O)cc1.OCCO. The summed E-state index contributed by atoms with van der Waals surface area (Å²) in [5, 5.41) is 32.2. The topological polar surface area (TPSA) is 174 Å².